The van der Waals surface area contributed by atoms with Crippen molar-refractivity contribution < 1.29 is 0 Å². The summed E-state index contributed by atoms with van der Waals surface area (Å²) in [6, 6.07) is 8.34. The van der Waals surface area contributed by atoms with Crippen LogP contribution in [0.4, 0.5) is 5.69 Å². The van der Waals surface area contributed by atoms with Gasteiger partial charge in [0.2, 0.25) is 0 Å². The highest BCUT2D eigenvalue weighted by Crippen LogP contribution is 2.45. The van der Waals surface area contributed by atoms with Crippen LogP contribution in [0.3, 0.4) is 0 Å². The van der Waals surface area contributed by atoms with E-state index in [1.54, 1.807) is 0 Å². The molecule has 1 heterocycles. The number of benzene rings is 1. The Morgan fingerprint density at radius 1 is 1.27 bits per heavy atom. The molecule has 0 saturated heterocycles. The Balaban J connectivity index is 2.05. The van der Waals surface area contributed by atoms with Gasteiger partial charge in [-0.3, -0.25) is 0 Å². The van der Waals surface area contributed by atoms with Crippen LogP contribution in [0.15, 0.2) is 50.9 Å². The number of fused-ring (bicyclic) bond motifs is 1. The van der Waals surface area contributed by atoms with E-state index in [2.05, 4.69) is 29.6 Å². The quantitative estimate of drug-likeness (QED) is 0.718. The van der Waals surface area contributed by atoms with Gasteiger partial charge in [0.05, 0.1) is 16.4 Å². The van der Waals surface area contributed by atoms with Gasteiger partial charge in [-0.1, -0.05) is 41.6 Å². The third-order valence-electron chi connectivity index (χ3n) is 2.59. The molecule has 1 nitrogen and oxygen atoms in total. The third kappa shape index (κ3) is 1.58. The van der Waals surface area contributed by atoms with Crippen molar-refractivity contribution in [3.05, 3.63) is 46.0 Å². The number of nitrogens with one attached hydrogen (secondary N) is 1. The van der Waals surface area contributed by atoms with Crippen molar-refractivity contribution in [1.29, 1.82) is 0 Å². The van der Waals surface area contributed by atoms with Gasteiger partial charge in [-0.15, -0.1) is 0 Å². The average molecular weight is 236 g/mol. The zero-order chi connectivity index (χ0) is 10.3. The standard InChI is InChI=1S/C12H10ClNS/c13-8-4-3-7-11-12(8)14-9-5-1-2-6-10(9)15-11/h1-2,4-6,14H,3,7H2. The Morgan fingerprint density at radius 3 is 3.07 bits per heavy atom. The maximum atomic E-state index is 6.18. The number of allylic oxidation sites excluding steroid dienone is 3. The summed E-state index contributed by atoms with van der Waals surface area (Å²) in [7, 11) is 0. The van der Waals surface area contributed by atoms with E-state index in [1.165, 1.54) is 9.80 Å². The summed E-state index contributed by atoms with van der Waals surface area (Å²) in [6.45, 7) is 0. The van der Waals surface area contributed by atoms with E-state index in [0.717, 1.165) is 29.3 Å². The fourth-order valence-corrected chi connectivity index (χ4v) is 3.30. The van der Waals surface area contributed by atoms with Gasteiger partial charge in [-0.25, -0.2) is 0 Å². The zero-order valence-electron chi connectivity index (χ0n) is 8.09. The maximum absolute atomic E-state index is 6.18. The predicted molar refractivity (Wildman–Crippen MR) is 66.1 cm³/mol. The molecule has 0 fully saturated rings. The Hall–Kier alpha value is -0.860. The summed E-state index contributed by atoms with van der Waals surface area (Å²) in [5, 5.41) is 4.27. The van der Waals surface area contributed by atoms with E-state index in [-0.39, 0.29) is 0 Å². The van der Waals surface area contributed by atoms with E-state index in [0.29, 0.717) is 0 Å². The number of hydrogen-bond acceptors (Lipinski definition) is 2. The van der Waals surface area contributed by atoms with Crippen LogP contribution in [0.2, 0.25) is 0 Å². The lowest BCUT2D eigenvalue weighted by Crippen LogP contribution is -2.10. The first-order chi connectivity index (χ1) is 7.34. The minimum absolute atomic E-state index is 0.859. The van der Waals surface area contributed by atoms with Crippen molar-refractivity contribution in [2.45, 2.75) is 17.7 Å². The lowest BCUT2D eigenvalue weighted by Gasteiger charge is -2.26. The van der Waals surface area contributed by atoms with Gasteiger partial charge in [0.25, 0.3) is 0 Å². The molecule has 1 N–H and O–H groups in total. The molecule has 0 radical (unpaired) electrons. The van der Waals surface area contributed by atoms with Crippen LogP contribution in [0, 0.1) is 0 Å². The van der Waals surface area contributed by atoms with Gasteiger partial charge in [0.1, 0.15) is 0 Å². The summed E-state index contributed by atoms with van der Waals surface area (Å²) in [4.78, 5) is 2.66. The molecule has 0 saturated carbocycles. The molecule has 1 aromatic rings. The normalized spacial score (nSPS) is 18.9. The van der Waals surface area contributed by atoms with Crippen LogP contribution in [0.5, 0.6) is 0 Å². The van der Waals surface area contributed by atoms with E-state index in [1.807, 2.05) is 17.8 Å². The second kappa shape index (κ2) is 3.62. The number of rotatable bonds is 0. The number of halogens is 1. The van der Waals surface area contributed by atoms with E-state index >= 15 is 0 Å². The largest absolute Gasteiger partial charge is 0.353 e. The Morgan fingerprint density at radius 2 is 2.13 bits per heavy atom. The zero-order valence-corrected chi connectivity index (χ0v) is 9.66. The summed E-state index contributed by atoms with van der Waals surface area (Å²) in [5.41, 5.74) is 2.27. The first-order valence-corrected chi connectivity index (χ1v) is 6.17. The van der Waals surface area contributed by atoms with Crippen LogP contribution in [-0.4, -0.2) is 0 Å². The molecular weight excluding hydrogens is 226 g/mol. The molecule has 15 heavy (non-hydrogen) atoms. The summed E-state index contributed by atoms with van der Waals surface area (Å²) < 4.78 is 0. The van der Waals surface area contributed by atoms with Gasteiger partial charge >= 0.3 is 0 Å². The van der Waals surface area contributed by atoms with E-state index in [4.69, 9.17) is 11.6 Å². The molecule has 0 unspecified atom stereocenters. The topological polar surface area (TPSA) is 12.0 Å². The van der Waals surface area contributed by atoms with Gasteiger partial charge in [-0.2, -0.15) is 0 Å². The second-order valence-corrected chi connectivity index (χ2v) is 5.16. The molecule has 0 amide bonds. The van der Waals surface area contributed by atoms with Crippen LogP contribution in [-0.2, 0) is 0 Å². The van der Waals surface area contributed by atoms with Crippen LogP contribution in [0.25, 0.3) is 0 Å². The predicted octanol–water partition coefficient (Wildman–Crippen LogP) is 4.33. The molecule has 0 atom stereocenters. The smallest absolute Gasteiger partial charge is 0.0670 e. The van der Waals surface area contributed by atoms with E-state index < -0.39 is 0 Å². The Bertz CT molecular complexity index is 476. The van der Waals surface area contributed by atoms with Crippen molar-refractivity contribution in [1.82, 2.24) is 0 Å². The lowest BCUT2D eigenvalue weighted by atomic mass is 10.1. The number of para-hydroxylation sites is 1. The number of anilines is 1. The molecule has 0 bridgehead atoms. The van der Waals surface area contributed by atoms with Crippen molar-refractivity contribution in [2.24, 2.45) is 0 Å². The molecule has 0 aromatic heterocycles. The maximum Gasteiger partial charge on any atom is 0.0670 e. The molecule has 2 aliphatic rings. The molecule has 1 aliphatic heterocycles. The fourth-order valence-electron chi connectivity index (χ4n) is 1.85. The summed E-state index contributed by atoms with van der Waals surface area (Å²) in [5.74, 6) is 0. The minimum Gasteiger partial charge on any atom is -0.353 e. The lowest BCUT2D eigenvalue weighted by molar-refractivity contribution is 0.989. The van der Waals surface area contributed by atoms with Gasteiger partial charge in [0.15, 0.2) is 0 Å². The van der Waals surface area contributed by atoms with Crippen LogP contribution in [0.1, 0.15) is 12.8 Å². The SMILES string of the molecule is ClC1=CCCC2=C1Nc1ccccc1S2. The minimum atomic E-state index is 0.859. The highest BCUT2D eigenvalue weighted by molar-refractivity contribution is 8.03. The third-order valence-corrected chi connectivity index (χ3v) is 4.17. The van der Waals surface area contributed by atoms with E-state index in [9.17, 15) is 0 Å². The van der Waals surface area contributed by atoms with Crippen molar-refractivity contribution >= 4 is 29.1 Å². The molecule has 3 heteroatoms. The monoisotopic (exact) mass is 235 g/mol. The second-order valence-electron chi connectivity index (χ2n) is 3.61. The average Bonchev–Trinajstić information content (AvgIpc) is 2.27. The molecular formula is C12H10ClNS. The Kier molecular flexibility index (Phi) is 2.26. The fraction of sp³-hybridized carbons (Fsp3) is 0.167. The number of hydrogen-bond donors (Lipinski definition) is 1. The summed E-state index contributed by atoms with van der Waals surface area (Å²) in [6.07, 6.45) is 4.23. The van der Waals surface area contributed by atoms with Gasteiger partial charge in [0, 0.05) is 9.80 Å². The van der Waals surface area contributed by atoms with Crippen LogP contribution >= 0.6 is 23.4 Å². The first kappa shape index (κ1) is 9.37. The first-order valence-electron chi connectivity index (χ1n) is 4.98. The van der Waals surface area contributed by atoms with Crippen molar-refractivity contribution in [3.63, 3.8) is 0 Å². The number of thioether (sulfide) groups is 1. The molecule has 1 aromatic carbocycles. The van der Waals surface area contributed by atoms with Crippen molar-refractivity contribution in [2.75, 3.05) is 5.32 Å². The van der Waals surface area contributed by atoms with Gasteiger partial charge in [-0.05, 0) is 25.0 Å². The van der Waals surface area contributed by atoms with Crippen molar-refractivity contribution in [3.8, 4) is 0 Å². The van der Waals surface area contributed by atoms with Crippen LogP contribution < -0.4 is 5.32 Å². The molecule has 1 aliphatic carbocycles. The Labute approximate surface area is 98.2 Å². The highest BCUT2D eigenvalue weighted by Gasteiger charge is 2.21. The molecule has 3 rings (SSSR count). The summed E-state index contributed by atoms with van der Waals surface area (Å²) >= 11 is 8.02. The molecule has 76 valence electrons. The molecule has 0 spiro atoms. The van der Waals surface area contributed by atoms with Gasteiger partial charge < -0.3 is 5.32 Å². The highest BCUT2D eigenvalue weighted by atomic mass is 35.5.